The molecule has 1 aromatic carbocycles. The average molecular weight is 703 g/mol. The molecule has 1 unspecified atom stereocenters. The molecule has 2 rings (SSSR count). The number of rotatable bonds is 15. The molecular weight excluding hydrogens is 665 g/mol. The number of Topliss-reactive ketones (excluding diaryl/α,β-unsaturated/α-hetero) is 1. The van der Waals surface area contributed by atoms with Gasteiger partial charge in [-0.15, -0.1) is 0 Å². The van der Waals surface area contributed by atoms with E-state index in [9.17, 15) is 24.0 Å². The van der Waals surface area contributed by atoms with Gasteiger partial charge in [-0.05, 0) is 61.4 Å². The van der Waals surface area contributed by atoms with Crippen LogP contribution in [-0.4, -0.2) is 69.6 Å². The number of aromatic nitrogens is 1. The lowest BCUT2D eigenvalue weighted by molar-refractivity contribution is -0.137. The van der Waals surface area contributed by atoms with Crippen molar-refractivity contribution < 1.29 is 43.3 Å². The summed E-state index contributed by atoms with van der Waals surface area (Å²) in [5.74, 6) is -1.76. The van der Waals surface area contributed by atoms with Crippen LogP contribution < -0.4 is 15.0 Å². The van der Waals surface area contributed by atoms with E-state index in [-0.39, 0.29) is 73.6 Å². The number of carboxylic acid groups (broad SMARTS) is 1. The van der Waals surface area contributed by atoms with Crippen molar-refractivity contribution in [2.75, 3.05) is 24.7 Å². The Morgan fingerprint density at radius 2 is 1.72 bits per heavy atom. The number of carbonyl (C=O) groups excluding carboxylic acids is 4. The monoisotopic (exact) mass is 701 g/mol. The molecule has 0 fully saturated rings. The number of aliphatic carboxylic acids is 1. The number of esters is 1. The number of halogens is 3. The van der Waals surface area contributed by atoms with E-state index in [0.717, 1.165) is 0 Å². The second-order valence-electron chi connectivity index (χ2n) is 11.6. The maximum atomic E-state index is 12.7. The quantitative estimate of drug-likeness (QED) is 0.0903. The van der Waals surface area contributed by atoms with Gasteiger partial charge in [0.05, 0.1) is 12.2 Å². The predicted octanol–water partition coefficient (Wildman–Crippen LogP) is 6.53. The van der Waals surface area contributed by atoms with Crippen LogP contribution in [0, 0.1) is 5.41 Å². The maximum Gasteiger partial charge on any atom is 0.415 e. The molecule has 0 radical (unpaired) electrons. The highest BCUT2D eigenvalue weighted by Gasteiger charge is 2.26. The highest BCUT2D eigenvalue weighted by molar-refractivity contribution is 6.67. The van der Waals surface area contributed by atoms with Crippen LogP contribution in [0.3, 0.4) is 0 Å². The van der Waals surface area contributed by atoms with Gasteiger partial charge in [-0.1, -0.05) is 67.7 Å². The van der Waals surface area contributed by atoms with E-state index in [0.29, 0.717) is 5.56 Å². The maximum absolute atomic E-state index is 12.7. The van der Waals surface area contributed by atoms with Crippen molar-refractivity contribution >= 4 is 70.5 Å². The Balaban J connectivity index is 2.08. The van der Waals surface area contributed by atoms with Gasteiger partial charge in [0.2, 0.25) is 3.79 Å². The molecule has 12 nitrogen and oxygen atoms in total. The Bertz CT molecular complexity index is 1360. The number of carboxylic acids is 1. The molecule has 0 saturated heterocycles. The first-order chi connectivity index (χ1) is 21.4. The molecule has 0 spiro atoms. The SMILES string of the molecule is CC(=O)c1cc(CC(CCC(=O)O)NC(=O)OCC(C)(C)C)ccc1OC(=O)CCCN(C(=O)OCC(Cl)(Cl)Cl)c1ccccn1. The number of anilines is 1. The van der Waals surface area contributed by atoms with E-state index in [1.165, 1.54) is 30.2 Å². The number of hydrogen-bond acceptors (Lipinski definition) is 9. The first-order valence-electron chi connectivity index (χ1n) is 14.3. The zero-order chi connectivity index (χ0) is 34.5. The zero-order valence-electron chi connectivity index (χ0n) is 26.0. The van der Waals surface area contributed by atoms with Gasteiger partial charge in [0, 0.05) is 31.6 Å². The standard InChI is InChI=1S/C31H38Cl3N3O9/c1-20(38)23-17-21(16-22(11-13-26(39)40)36-28(42)44-18-30(2,3)4)10-12-24(23)46-27(41)9-7-15-37(25-8-5-6-14-35-25)29(43)45-19-31(32,33)34/h5-6,8,10,12,14,17,22H,7,9,11,13,15-16,18-19H2,1-4H3,(H,36,42)(H,39,40). The van der Waals surface area contributed by atoms with Crippen LogP contribution in [-0.2, 0) is 25.5 Å². The van der Waals surface area contributed by atoms with Crippen LogP contribution in [0.4, 0.5) is 15.4 Å². The average Bonchev–Trinajstić information content (AvgIpc) is 2.96. The zero-order valence-corrected chi connectivity index (χ0v) is 28.3. The van der Waals surface area contributed by atoms with Crippen LogP contribution in [0.15, 0.2) is 42.6 Å². The van der Waals surface area contributed by atoms with Crippen LogP contribution >= 0.6 is 34.8 Å². The summed E-state index contributed by atoms with van der Waals surface area (Å²) in [6.45, 7) is 6.72. The number of ether oxygens (including phenoxy) is 3. The van der Waals surface area contributed by atoms with Crippen LogP contribution in [0.5, 0.6) is 5.75 Å². The summed E-state index contributed by atoms with van der Waals surface area (Å²) >= 11 is 17.0. The highest BCUT2D eigenvalue weighted by atomic mass is 35.6. The topological polar surface area (TPSA) is 161 Å². The molecule has 1 atom stereocenters. The summed E-state index contributed by atoms with van der Waals surface area (Å²) in [4.78, 5) is 66.8. The minimum absolute atomic E-state index is 0.0201. The number of hydrogen-bond donors (Lipinski definition) is 2. The molecule has 2 amide bonds. The van der Waals surface area contributed by atoms with Gasteiger partial charge in [0.25, 0.3) is 0 Å². The number of pyridine rings is 1. The number of benzene rings is 1. The molecule has 15 heteroatoms. The minimum Gasteiger partial charge on any atom is -0.481 e. The van der Waals surface area contributed by atoms with Gasteiger partial charge >= 0.3 is 24.1 Å². The van der Waals surface area contributed by atoms with E-state index in [4.69, 9.17) is 54.1 Å². The third-order valence-electron chi connectivity index (χ3n) is 6.06. The molecule has 0 saturated carbocycles. The Morgan fingerprint density at radius 3 is 2.30 bits per heavy atom. The molecule has 0 bridgehead atoms. The van der Waals surface area contributed by atoms with Crippen molar-refractivity contribution in [1.82, 2.24) is 10.3 Å². The van der Waals surface area contributed by atoms with E-state index in [2.05, 4.69) is 10.3 Å². The molecule has 2 aromatic rings. The van der Waals surface area contributed by atoms with Crippen molar-refractivity contribution in [2.45, 2.75) is 69.6 Å². The van der Waals surface area contributed by atoms with Crippen molar-refractivity contribution in [3.63, 3.8) is 0 Å². The molecule has 2 N–H and O–H groups in total. The van der Waals surface area contributed by atoms with Crippen molar-refractivity contribution in [2.24, 2.45) is 5.41 Å². The van der Waals surface area contributed by atoms with Crippen LogP contribution in [0.25, 0.3) is 0 Å². The number of alkyl halides is 3. The molecule has 0 aliphatic carbocycles. The molecule has 252 valence electrons. The molecule has 0 aliphatic rings. The predicted molar refractivity (Wildman–Crippen MR) is 173 cm³/mol. The first-order valence-corrected chi connectivity index (χ1v) is 15.5. The number of amides is 2. The van der Waals surface area contributed by atoms with Gasteiger partial charge in [-0.25, -0.2) is 14.6 Å². The lowest BCUT2D eigenvalue weighted by Crippen LogP contribution is -2.38. The summed E-state index contributed by atoms with van der Waals surface area (Å²) in [6.07, 6.45) is 0.126. The minimum atomic E-state index is -1.81. The van der Waals surface area contributed by atoms with Crippen molar-refractivity contribution in [3.05, 3.63) is 53.7 Å². The largest absolute Gasteiger partial charge is 0.481 e. The second kappa shape index (κ2) is 17.9. The summed E-state index contributed by atoms with van der Waals surface area (Å²) in [5.41, 5.74) is 0.480. The Kier molecular flexibility index (Phi) is 15.0. The van der Waals surface area contributed by atoms with E-state index in [1.54, 1.807) is 24.3 Å². The van der Waals surface area contributed by atoms with E-state index < -0.39 is 40.6 Å². The Morgan fingerprint density at radius 1 is 1.00 bits per heavy atom. The lowest BCUT2D eigenvalue weighted by Gasteiger charge is -2.22. The summed E-state index contributed by atoms with van der Waals surface area (Å²) < 4.78 is 14.0. The Labute approximate surface area is 282 Å². The number of carbonyl (C=O) groups is 5. The molecule has 46 heavy (non-hydrogen) atoms. The van der Waals surface area contributed by atoms with Gasteiger partial charge < -0.3 is 24.6 Å². The van der Waals surface area contributed by atoms with Crippen molar-refractivity contribution in [3.8, 4) is 5.75 Å². The van der Waals surface area contributed by atoms with Crippen LogP contribution in [0.1, 0.15) is 69.3 Å². The van der Waals surface area contributed by atoms with Crippen LogP contribution in [0.2, 0.25) is 0 Å². The fourth-order valence-electron chi connectivity index (χ4n) is 3.96. The number of nitrogens with zero attached hydrogens (tertiary/aromatic N) is 2. The summed E-state index contributed by atoms with van der Waals surface area (Å²) in [6, 6.07) is 8.93. The molecule has 1 aromatic heterocycles. The molecule has 1 heterocycles. The normalized spacial score (nSPS) is 12.1. The second-order valence-corrected chi connectivity index (χ2v) is 14.1. The third-order valence-corrected chi connectivity index (χ3v) is 6.39. The fraction of sp³-hybridized carbons (Fsp3) is 0.484. The summed E-state index contributed by atoms with van der Waals surface area (Å²) in [7, 11) is 0. The molecular formula is C31H38Cl3N3O9. The number of nitrogens with one attached hydrogen (secondary N) is 1. The molecule has 0 aliphatic heterocycles. The summed E-state index contributed by atoms with van der Waals surface area (Å²) in [5, 5.41) is 11.9. The number of ketones is 1. The highest BCUT2D eigenvalue weighted by Crippen LogP contribution is 2.27. The van der Waals surface area contributed by atoms with Crippen molar-refractivity contribution in [1.29, 1.82) is 0 Å². The fourth-order valence-corrected chi connectivity index (χ4v) is 4.12. The van der Waals surface area contributed by atoms with E-state index >= 15 is 0 Å². The van der Waals surface area contributed by atoms with E-state index in [1.807, 2.05) is 20.8 Å². The van der Waals surface area contributed by atoms with Gasteiger partial charge in [-0.2, -0.15) is 0 Å². The third kappa shape index (κ3) is 15.1. The lowest BCUT2D eigenvalue weighted by atomic mass is 9.98. The number of alkyl carbamates (subject to hydrolysis) is 1. The Hall–Kier alpha value is -3.61. The smallest absolute Gasteiger partial charge is 0.415 e. The first kappa shape index (κ1) is 38.6. The van der Waals surface area contributed by atoms with Gasteiger partial charge in [-0.3, -0.25) is 19.3 Å². The van der Waals surface area contributed by atoms with Gasteiger partial charge in [0.1, 0.15) is 18.2 Å². The van der Waals surface area contributed by atoms with Gasteiger partial charge in [0.15, 0.2) is 5.78 Å².